The highest BCUT2D eigenvalue weighted by atomic mass is 32.1. The molecule has 0 spiro atoms. The molecule has 6 nitrogen and oxygen atoms in total. The maximum absolute atomic E-state index is 13.4. The minimum Gasteiger partial charge on any atom is -0.378 e. The van der Waals surface area contributed by atoms with Gasteiger partial charge in [-0.05, 0) is 30.2 Å². The van der Waals surface area contributed by atoms with Crippen LogP contribution < -0.4 is 0 Å². The second kappa shape index (κ2) is 8.16. The molecule has 1 atom stereocenters. The third-order valence-electron chi connectivity index (χ3n) is 5.90. The molecule has 2 aliphatic rings. The fourth-order valence-corrected chi connectivity index (χ4v) is 5.57. The van der Waals surface area contributed by atoms with Crippen LogP contribution in [0.2, 0.25) is 0 Å². The molecule has 0 saturated carbocycles. The molecule has 2 aromatic heterocycles. The maximum atomic E-state index is 13.4. The Kier molecular flexibility index (Phi) is 5.23. The molecule has 0 N–H and O–H groups in total. The van der Waals surface area contributed by atoms with Crippen molar-refractivity contribution >= 4 is 33.4 Å². The molecule has 0 bridgehead atoms. The summed E-state index contributed by atoms with van der Waals surface area (Å²) in [5.74, 6) is 0.247. The van der Waals surface area contributed by atoms with E-state index in [0.717, 1.165) is 27.1 Å². The van der Waals surface area contributed by atoms with E-state index in [4.69, 9.17) is 4.74 Å². The molecule has 0 aliphatic carbocycles. The monoisotopic (exact) mass is 421 g/mol. The van der Waals surface area contributed by atoms with Crippen LogP contribution in [-0.4, -0.2) is 66.0 Å². The number of likely N-dealkylation sites (tertiary alicyclic amines) is 1. The van der Waals surface area contributed by atoms with Crippen molar-refractivity contribution in [1.29, 1.82) is 0 Å². The quantitative estimate of drug-likeness (QED) is 0.650. The van der Waals surface area contributed by atoms with Crippen molar-refractivity contribution in [3.63, 3.8) is 0 Å². The number of aromatic nitrogens is 1. The Morgan fingerprint density at radius 3 is 2.57 bits per heavy atom. The summed E-state index contributed by atoms with van der Waals surface area (Å²) in [4.78, 5) is 36.2. The molecule has 154 valence electrons. The number of morpholine rings is 1. The highest BCUT2D eigenvalue weighted by molar-refractivity contribution is 7.20. The smallest absolute Gasteiger partial charge is 0.264 e. The van der Waals surface area contributed by atoms with Crippen LogP contribution in [0.4, 0.5) is 0 Å². The number of rotatable bonds is 3. The Bertz CT molecular complexity index is 1080. The van der Waals surface area contributed by atoms with E-state index in [0.29, 0.717) is 45.0 Å². The predicted molar refractivity (Wildman–Crippen MR) is 116 cm³/mol. The van der Waals surface area contributed by atoms with Crippen molar-refractivity contribution in [1.82, 2.24) is 14.8 Å². The number of amides is 2. The zero-order chi connectivity index (χ0) is 20.5. The van der Waals surface area contributed by atoms with Crippen molar-refractivity contribution in [3.05, 3.63) is 64.7 Å². The average molecular weight is 422 g/mol. The minimum atomic E-state index is 0.0526. The van der Waals surface area contributed by atoms with Gasteiger partial charge in [-0.15, -0.1) is 11.3 Å². The summed E-state index contributed by atoms with van der Waals surface area (Å²) in [7, 11) is 0. The van der Waals surface area contributed by atoms with Crippen molar-refractivity contribution in [2.45, 2.75) is 12.3 Å². The van der Waals surface area contributed by atoms with E-state index in [1.54, 1.807) is 6.20 Å². The van der Waals surface area contributed by atoms with Gasteiger partial charge in [0.2, 0.25) is 0 Å². The van der Waals surface area contributed by atoms with Crippen molar-refractivity contribution in [2.75, 3.05) is 39.4 Å². The van der Waals surface area contributed by atoms with Gasteiger partial charge in [0.25, 0.3) is 11.8 Å². The van der Waals surface area contributed by atoms with Crippen LogP contribution in [0, 0.1) is 0 Å². The average Bonchev–Trinajstić information content (AvgIpc) is 3.44. The van der Waals surface area contributed by atoms with Crippen LogP contribution in [0.25, 0.3) is 10.2 Å². The number of pyridine rings is 1. The van der Waals surface area contributed by atoms with Gasteiger partial charge in [-0.1, -0.05) is 24.3 Å². The van der Waals surface area contributed by atoms with Crippen molar-refractivity contribution in [3.8, 4) is 0 Å². The number of hydrogen-bond acceptors (Lipinski definition) is 5. The van der Waals surface area contributed by atoms with Crippen molar-refractivity contribution < 1.29 is 14.3 Å². The lowest BCUT2D eigenvalue weighted by Gasteiger charge is -2.27. The summed E-state index contributed by atoms with van der Waals surface area (Å²) < 4.78 is 5.41. The van der Waals surface area contributed by atoms with Gasteiger partial charge >= 0.3 is 0 Å². The van der Waals surface area contributed by atoms with E-state index >= 15 is 0 Å². The Morgan fingerprint density at radius 2 is 1.77 bits per heavy atom. The van der Waals surface area contributed by atoms with E-state index in [-0.39, 0.29) is 17.7 Å². The first-order valence-corrected chi connectivity index (χ1v) is 11.1. The largest absolute Gasteiger partial charge is 0.378 e. The predicted octanol–water partition coefficient (Wildman–Crippen LogP) is 3.40. The third kappa shape index (κ3) is 3.48. The number of hydrogen-bond donors (Lipinski definition) is 0. The summed E-state index contributed by atoms with van der Waals surface area (Å²) >= 11 is 1.47. The summed E-state index contributed by atoms with van der Waals surface area (Å²) in [6.07, 6.45) is 2.62. The lowest BCUT2D eigenvalue weighted by atomic mass is 9.95. The van der Waals surface area contributed by atoms with E-state index in [1.165, 1.54) is 11.3 Å². The van der Waals surface area contributed by atoms with Crippen LogP contribution in [0.15, 0.2) is 48.7 Å². The number of ether oxygens (including phenoxy) is 1. The maximum Gasteiger partial charge on any atom is 0.264 e. The standard InChI is InChI=1S/C23H23N3O3S/c27-22(16-5-2-1-3-6-16)26-10-8-17(15-26)19-18-7-4-9-24-21(18)30-20(19)23(28)25-11-13-29-14-12-25/h1-7,9,17H,8,10-15H2. The lowest BCUT2D eigenvalue weighted by molar-refractivity contribution is 0.0305. The first kappa shape index (κ1) is 19.2. The lowest BCUT2D eigenvalue weighted by Crippen LogP contribution is -2.40. The molecule has 4 heterocycles. The summed E-state index contributed by atoms with van der Waals surface area (Å²) in [6, 6.07) is 13.4. The molecule has 3 aromatic rings. The zero-order valence-electron chi connectivity index (χ0n) is 16.6. The molecule has 30 heavy (non-hydrogen) atoms. The van der Waals surface area contributed by atoms with Crippen LogP contribution in [-0.2, 0) is 4.74 Å². The summed E-state index contributed by atoms with van der Waals surface area (Å²) in [6.45, 7) is 3.70. The second-order valence-corrected chi connectivity index (χ2v) is 8.71. The Morgan fingerprint density at radius 1 is 0.967 bits per heavy atom. The second-order valence-electron chi connectivity index (χ2n) is 7.71. The molecule has 2 saturated heterocycles. The van der Waals surface area contributed by atoms with Gasteiger partial charge in [-0.25, -0.2) is 4.98 Å². The highest BCUT2D eigenvalue weighted by Gasteiger charge is 2.34. The van der Waals surface area contributed by atoms with E-state index in [9.17, 15) is 9.59 Å². The van der Waals surface area contributed by atoms with E-state index in [1.807, 2.05) is 52.3 Å². The Balaban J connectivity index is 1.46. The van der Waals surface area contributed by atoms with Crippen LogP contribution in [0.3, 0.4) is 0 Å². The van der Waals surface area contributed by atoms with Crippen molar-refractivity contribution in [2.24, 2.45) is 0 Å². The number of benzene rings is 1. The van der Waals surface area contributed by atoms with E-state index in [2.05, 4.69) is 4.98 Å². The molecule has 1 unspecified atom stereocenters. The van der Waals surface area contributed by atoms with Crippen LogP contribution in [0.5, 0.6) is 0 Å². The Labute approximate surface area is 179 Å². The topological polar surface area (TPSA) is 62.7 Å². The zero-order valence-corrected chi connectivity index (χ0v) is 17.4. The first-order valence-electron chi connectivity index (χ1n) is 10.3. The molecule has 2 aliphatic heterocycles. The SMILES string of the molecule is O=C(c1ccccc1)N1CCC(c2c(C(=O)N3CCOCC3)sc3ncccc23)C1. The molecule has 0 radical (unpaired) electrons. The number of thiophene rings is 1. The molecule has 2 fully saturated rings. The number of carbonyl (C=O) groups excluding carboxylic acids is 2. The van der Waals surface area contributed by atoms with Gasteiger partial charge < -0.3 is 14.5 Å². The van der Waals surface area contributed by atoms with Gasteiger partial charge in [0.1, 0.15) is 4.83 Å². The minimum absolute atomic E-state index is 0.0526. The van der Waals surface area contributed by atoms with Gasteiger partial charge in [0, 0.05) is 49.2 Å². The molecular formula is C23H23N3O3S. The highest BCUT2D eigenvalue weighted by Crippen LogP contribution is 2.40. The molecule has 1 aromatic carbocycles. The van der Waals surface area contributed by atoms with Gasteiger partial charge in [0.15, 0.2) is 0 Å². The fourth-order valence-electron chi connectivity index (χ4n) is 4.37. The van der Waals surface area contributed by atoms with Gasteiger partial charge in [0.05, 0.1) is 18.1 Å². The Hall–Kier alpha value is -2.77. The first-order chi connectivity index (χ1) is 14.7. The summed E-state index contributed by atoms with van der Waals surface area (Å²) in [5.41, 5.74) is 1.77. The number of carbonyl (C=O) groups is 2. The van der Waals surface area contributed by atoms with Crippen LogP contribution >= 0.6 is 11.3 Å². The summed E-state index contributed by atoms with van der Waals surface area (Å²) in [5, 5.41) is 1.04. The fraction of sp³-hybridized carbons (Fsp3) is 0.348. The number of fused-ring (bicyclic) bond motifs is 1. The third-order valence-corrected chi connectivity index (χ3v) is 7.02. The molecule has 2 amide bonds. The molecule has 7 heteroatoms. The normalized spacial score (nSPS) is 19.4. The molecule has 5 rings (SSSR count). The molecular weight excluding hydrogens is 398 g/mol. The van der Waals surface area contributed by atoms with Crippen LogP contribution in [0.1, 0.15) is 37.9 Å². The van der Waals surface area contributed by atoms with Gasteiger partial charge in [-0.2, -0.15) is 0 Å². The van der Waals surface area contributed by atoms with Gasteiger partial charge in [-0.3, -0.25) is 9.59 Å². The van der Waals surface area contributed by atoms with E-state index < -0.39 is 0 Å². The number of nitrogens with zero attached hydrogens (tertiary/aromatic N) is 3.